The topological polar surface area (TPSA) is 120 Å². The fraction of sp³-hybridized carbons (Fsp3) is 0.0909. The molecule has 8 heteroatoms. The van der Waals surface area contributed by atoms with E-state index in [1.165, 1.54) is 18.2 Å². The molecule has 0 bridgehead atoms. The summed E-state index contributed by atoms with van der Waals surface area (Å²) in [5, 5.41) is 1.72. The number of aromatic amines is 2. The maximum atomic E-state index is 13.3. The van der Waals surface area contributed by atoms with E-state index in [-0.39, 0.29) is 26.7 Å². The van der Waals surface area contributed by atoms with E-state index in [1.54, 1.807) is 13.0 Å². The molecule has 7 nitrogen and oxygen atoms in total. The number of hydrogen-bond acceptors (Lipinski definition) is 4. The Morgan fingerprint density at radius 1 is 0.800 bits per heavy atom. The van der Waals surface area contributed by atoms with Gasteiger partial charge in [0, 0.05) is 16.2 Å². The Kier molecular flexibility index (Phi) is 3.71. The monoisotopic (exact) mass is 420 g/mol. The quantitative estimate of drug-likeness (QED) is 0.283. The zero-order chi connectivity index (χ0) is 21.4. The molecule has 30 heavy (non-hydrogen) atoms. The molecule has 0 amide bonds. The summed E-state index contributed by atoms with van der Waals surface area (Å²) in [4.78, 5) is 32.4. The van der Waals surface area contributed by atoms with E-state index in [0.717, 1.165) is 5.56 Å². The number of aryl methyl sites for hydroxylation is 2. The molecule has 5 aromatic rings. The molecule has 0 aliphatic heterocycles. The molecule has 0 atom stereocenters. The van der Waals surface area contributed by atoms with Crippen LogP contribution in [0.25, 0.3) is 43.6 Å². The van der Waals surface area contributed by atoms with Gasteiger partial charge in [-0.2, -0.15) is 8.42 Å². The molecule has 5 rings (SSSR count). The molecular weight excluding hydrogens is 404 g/mol. The zero-order valence-electron chi connectivity index (χ0n) is 16.0. The second kappa shape index (κ2) is 6.01. The summed E-state index contributed by atoms with van der Waals surface area (Å²) in [6.45, 7) is 3.62. The largest absolute Gasteiger partial charge is 0.354 e. The second-order valence-electron chi connectivity index (χ2n) is 7.43. The van der Waals surface area contributed by atoms with Gasteiger partial charge in [0.15, 0.2) is 10.9 Å². The highest BCUT2D eigenvalue weighted by Gasteiger charge is 2.17. The van der Waals surface area contributed by atoms with Gasteiger partial charge in [0.25, 0.3) is 10.1 Å². The molecule has 0 spiro atoms. The highest BCUT2D eigenvalue weighted by atomic mass is 32.2. The molecule has 150 valence electrons. The van der Waals surface area contributed by atoms with Gasteiger partial charge >= 0.3 is 0 Å². The fourth-order valence-corrected chi connectivity index (χ4v) is 4.66. The summed E-state index contributed by atoms with van der Waals surface area (Å²) in [5.41, 5.74) is 2.97. The number of nitrogens with one attached hydrogen (secondary N) is 2. The van der Waals surface area contributed by atoms with Crippen LogP contribution in [0.1, 0.15) is 11.1 Å². The summed E-state index contributed by atoms with van der Waals surface area (Å²) in [5.74, 6) is 0. The SMILES string of the molecule is Cc1cccc2[nH]c3cc4c(=O)c5ccc(S(=O)(=O)O)cc5[nH]c4c(C)c3c(=O)c12. The van der Waals surface area contributed by atoms with Gasteiger partial charge in [0.2, 0.25) is 0 Å². The number of H-pyrrole nitrogens is 2. The molecule has 3 aromatic carbocycles. The lowest BCUT2D eigenvalue weighted by Gasteiger charge is -2.11. The molecule has 2 aromatic heterocycles. The van der Waals surface area contributed by atoms with Crippen molar-refractivity contribution in [2.45, 2.75) is 18.7 Å². The van der Waals surface area contributed by atoms with Gasteiger partial charge in [-0.3, -0.25) is 14.1 Å². The van der Waals surface area contributed by atoms with Crippen molar-refractivity contribution in [2.24, 2.45) is 0 Å². The summed E-state index contributed by atoms with van der Waals surface area (Å²) in [7, 11) is -4.42. The summed E-state index contributed by atoms with van der Waals surface area (Å²) in [6, 6.07) is 11.0. The van der Waals surface area contributed by atoms with Crippen molar-refractivity contribution >= 4 is 53.7 Å². The predicted molar refractivity (Wildman–Crippen MR) is 117 cm³/mol. The van der Waals surface area contributed by atoms with Crippen LogP contribution in [0.2, 0.25) is 0 Å². The Morgan fingerprint density at radius 2 is 1.57 bits per heavy atom. The van der Waals surface area contributed by atoms with Crippen LogP contribution in [0.5, 0.6) is 0 Å². The van der Waals surface area contributed by atoms with Gasteiger partial charge in [0.1, 0.15) is 0 Å². The Labute approximate surface area is 169 Å². The minimum atomic E-state index is -4.42. The van der Waals surface area contributed by atoms with Crippen LogP contribution in [-0.4, -0.2) is 22.9 Å². The van der Waals surface area contributed by atoms with E-state index in [9.17, 15) is 22.6 Å². The van der Waals surface area contributed by atoms with Crippen molar-refractivity contribution in [3.05, 3.63) is 74.0 Å². The molecule has 0 aliphatic carbocycles. The minimum Gasteiger partial charge on any atom is -0.354 e. The summed E-state index contributed by atoms with van der Waals surface area (Å²) in [6.07, 6.45) is 0. The van der Waals surface area contributed by atoms with Gasteiger partial charge in [-0.25, -0.2) is 0 Å². The van der Waals surface area contributed by atoms with Crippen molar-refractivity contribution in [1.82, 2.24) is 9.97 Å². The third-order valence-electron chi connectivity index (χ3n) is 5.61. The standard InChI is InChI=1S/C22H16N2O5S/c1-10-4-3-5-15-18(10)22(26)19-11(2)20-14(9-17(19)23-15)21(25)13-7-6-12(30(27,28)29)8-16(13)24-20/h3-9H,1-2H3,(H,23,26)(H,24,25)(H,27,28,29). The third kappa shape index (κ3) is 2.51. The third-order valence-corrected chi connectivity index (χ3v) is 6.46. The normalized spacial score (nSPS) is 12.4. The number of rotatable bonds is 1. The van der Waals surface area contributed by atoms with E-state index >= 15 is 0 Å². The maximum absolute atomic E-state index is 13.3. The lowest BCUT2D eigenvalue weighted by molar-refractivity contribution is 0.483. The average molecular weight is 420 g/mol. The first-order chi connectivity index (χ1) is 14.2. The Morgan fingerprint density at radius 3 is 2.30 bits per heavy atom. The van der Waals surface area contributed by atoms with Gasteiger partial charge in [-0.05, 0) is 55.3 Å². The van der Waals surface area contributed by atoms with E-state index in [4.69, 9.17) is 0 Å². The maximum Gasteiger partial charge on any atom is 0.294 e. The van der Waals surface area contributed by atoms with Crippen LogP contribution < -0.4 is 10.9 Å². The molecule has 3 N–H and O–H groups in total. The first kappa shape index (κ1) is 18.5. The van der Waals surface area contributed by atoms with Crippen LogP contribution in [0.15, 0.2) is 56.9 Å². The number of hydrogen-bond donors (Lipinski definition) is 3. The highest BCUT2D eigenvalue weighted by molar-refractivity contribution is 7.85. The smallest absolute Gasteiger partial charge is 0.294 e. The van der Waals surface area contributed by atoms with Gasteiger partial charge in [-0.1, -0.05) is 12.1 Å². The average Bonchev–Trinajstić information content (AvgIpc) is 2.68. The van der Waals surface area contributed by atoms with Gasteiger partial charge < -0.3 is 9.97 Å². The fourth-order valence-electron chi connectivity index (χ4n) is 4.16. The van der Waals surface area contributed by atoms with E-state index in [2.05, 4.69) is 9.97 Å². The van der Waals surface area contributed by atoms with Crippen LogP contribution in [-0.2, 0) is 10.1 Å². The predicted octanol–water partition coefficient (Wildman–Crippen LogP) is 3.54. The first-order valence-corrected chi connectivity index (χ1v) is 10.6. The van der Waals surface area contributed by atoms with Gasteiger partial charge in [0.05, 0.1) is 32.3 Å². The summed E-state index contributed by atoms with van der Waals surface area (Å²) >= 11 is 0. The second-order valence-corrected chi connectivity index (χ2v) is 8.86. The molecule has 0 saturated heterocycles. The van der Waals surface area contributed by atoms with Crippen LogP contribution >= 0.6 is 0 Å². The lowest BCUT2D eigenvalue weighted by Crippen LogP contribution is -2.11. The number of fused-ring (bicyclic) bond motifs is 4. The van der Waals surface area contributed by atoms with Crippen LogP contribution in [0.3, 0.4) is 0 Å². The molecule has 0 saturated carbocycles. The van der Waals surface area contributed by atoms with Crippen molar-refractivity contribution < 1.29 is 13.0 Å². The van der Waals surface area contributed by atoms with E-state index in [1.807, 2.05) is 25.1 Å². The molecular formula is C22H16N2O5S. The molecule has 0 radical (unpaired) electrons. The minimum absolute atomic E-state index is 0.135. The Bertz CT molecular complexity index is 1780. The van der Waals surface area contributed by atoms with Crippen molar-refractivity contribution in [1.29, 1.82) is 0 Å². The van der Waals surface area contributed by atoms with Crippen LogP contribution in [0, 0.1) is 13.8 Å². The van der Waals surface area contributed by atoms with Crippen molar-refractivity contribution in [3.63, 3.8) is 0 Å². The highest BCUT2D eigenvalue weighted by Crippen LogP contribution is 2.27. The first-order valence-electron chi connectivity index (χ1n) is 9.19. The van der Waals surface area contributed by atoms with E-state index < -0.39 is 10.1 Å². The Hall–Kier alpha value is -3.49. The number of pyridine rings is 2. The van der Waals surface area contributed by atoms with Gasteiger partial charge in [-0.15, -0.1) is 0 Å². The number of benzene rings is 3. The summed E-state index contributed by atoms with van der Waals surface area (Å²) < 4.78 is 32.3. The van der Waals surface area contributed by atoms with Crippen molar-refractivity contribution in [3.8, 4) is 0 Å². The van der Waals surface area contributed by atoms with Crippen LogP contribution in [0.4, 0.5) is 0 Å². The Balaban J connectivity index is 2.01. The molecule has 0 aliphatic rings. The molecule has 0 fully saturated rings. The molecule has 2 heterocycles. The van der Waals surface area contributed by atoms with E-state index in [0.29, 0.717) is 38.3 Å². The van der Waals surface area contributed by atoms with Crippen molar-refractivity contribution in [2.75, 3.05) is 0 Å². The number of aromatic nitrogens is 2. The lowest BCUT2D eigenvalue weighted by atomic mass is 9.99. The zero-order valence-corrected chi connectivity index (χ0v) is 16.8. The molecule has 0 unspecified atom stereocenters.